The number of carbonyl (C=O) groups is 1. The van der Waals surface area contributed by atoms with E-state index in [1.807, 2.05) is 0 Å². The maximum atomic E-state index is 12.2. The second-order valence-electron chi connectivity index (χ2n) is 5.13. The average molecular weight is 382 g/mol. The van der Waals surface area contributed by atoms with Crippen LogP contribution < -0.4 is 4.72 Å². The van der Waals surface area contributed by atoms with E-state index in [0.29, 0.717) is 10.3 Å². The summed E-state index contributed by atoms with van der Waals surface area (Å²) < 4.78 is 27.4. The molecule has 1 aliphatic rings. The highest BCUT2D eigenvalue weighted by Gasteiger charge is 2.42. The molecule has 20 heavy (non-hydrogen) atoms. The molecule has 0 unspecified atom stereocenters. The molecule has 1 aromatic heterocycles. The summed E-state index contributed by atoms with van der Waals surface area (Å²) in [5.41, 5.74) is 0.111. The van der Waals surface area contributed by atoms with Gasteiger partial charge in [-0.25, -0.2) is 17.9 Å². The topological polar surface area (TPSA) is 83.5 Å². The lowest BCUT2D eigenvalue weighted by Crippen LogP contribution is -2.30. The number of thiophene rings is 1. The Morgan fingerprint density at radius 2 is 2.20 bits per heavy atom. The molecule has 0 radical (unpaired) electrons. The summed E-state index contributed by atoms with van der Waals surface area (Å²) in [7, 11) is -3.66. The monoisotopic (exact) mass is 381 g/mol. The van der Waals surface area contributed by atoms with Crippen LogP contribution in [0.15, 0.2) is 14.7 Å². The van der Waals surface area contributed by atoms with Gasteiger partial charge in [-0.15, -0.1) is 11.3 Å². The zero-order valence-electron chi connectivity index (χ0n) is 11.0. The number of halogens is 1. The lowest BCUT2D eigenvalue weighted by molar-refractivity contribution is 0.0702. The Balaban J connectivity index is 2.12. The van der Waals surface area contributed by atoms with Crippen LogP contribution in [0.3, 0.4) is 0 Å². The molecular weight excluding hydrogens is 366 g/mol. The summed E-state index contributed by atoms with van der Waals surface area (Å²) in [6, 6.07) is 1.19. The average Bonchev–Trinajstić information content (AvgIpc) is 3.00. The van der Waals surface area contributed by atoms with E-state index in [1.54, 1.807) is 0 Å². The molecule has 5 nitrogen and oxygen atoms in total. The fourth-order valence-corrected chi connectivity index (χ4v) is 5.75. The van der Waals surface area contributed by atoms with Crippen LogP contribution in [0.2, 0.25) is 0 Å². The number of sulfonamides is 1. The molecule has 2 rings (SSSR count). The molecule has 1 aromatic rings. The van der Waals surface area contributed by atoms with Crippen molar-refractivity contribution in [3.63, 3.8) is 0 Å². The van der Waals surface area contributed by atoms with E-state index in [9.17, 15) is 13.2 Å². The predicted octanol–water partition coefficient (Wildman–Crippen LogP) is 3.07. The number of hydrogen-bond donors (Lipinski definition) is 2. The van der Waals surface area contributed by atoms with Gasteiger partial charge in [0.15, 0.2) is 0 Å². The van der Waals surface area contributed by atoms with Gasteiger partial charge >= 0.3 is 5.97 Å². The molecule has 1 fully saturated rings. The fourth-order valence-electron chi connectivity index (χ4n) is 2.19. The van der Waals surface area contributed by atoms with Gasteiger partial charge in [-0.05, 0) is 46.7 Å². The van der Waals surface area contributed by atoms with Crippen LogP contribution in [0.4, 0.5) is 0 Å². The minimum absolute atomic E-state index is 0.00643. The zero-order chi connectivity index (χ0) is 15.0. The molecule has 0 atom stereocenters. The number of carboxylic acid groups (broad SMARTS) is 1. The standard InChI is InChI=1S/C12H16BrNO4S2/c1-2-3-12(4-5-12)7-14-20(17,18)9-6-8(11(15)16)19-10(9)13/h6,14H,2-5,7H2,1H3,(H,15,16). The first-order chi connectivity index (χ1) is 9.30. The molecule has 1 saturated carbocycles. The Bertz CT molecular complexity index is 619. The highest BCUT2D eigenvalue weighted by molar-refractivity contribution is 9.11. The van der Waals surface area contributed by atoms with Gasteiger partial charge in [0.25, 0.3) is 0 Å². The SMILES string of the molecule is CCCC1(CNS(=O)(=O)c2cc(C(=O)O)sc2Br)CC1. The van der Waals surface area contributed by atoms with Gasteiger partial charge in [0.2, 0.25) is 10.0 Å². The smallest absolute Gasteiger partial charge is 0.345 e. The lowest BCUT2D eigenvalue weighted by atomic mass is 10.0. The van der Waals surface area contributed by atoms with Crippen LogP contribution in [0.1, 0.15) is 42.3 Å². The second kappa shape index (κ2) is 5.75. The third-order valence-corrected chi connectivity index (χ3v) is 7.17. The van der Waals surface area contributed by atoms with E-state index in [2.05, 4.69) is 27.6 Å². The van der Waals surface area contributed by atoms with Crippen molar-refractivity contribution in [1.82, 2.24) is 4.72 Å². The van der Waals surface area contributed by atoms with Crippen molar-refractivity contribution in [3.05, 3.63) is 14.7 Å². The molecule has 0 amide bonds. The molecule has 1 heterocycles. The van der Waals surface area contributed by atoms with E-state index in [1.165, 1.54) is 6.07 Å². The summed E-state index contributed by atoms with van der Waals surface area (Å²) in [5.74, 6) is -1.12. The third-order valence-electron chi connectivity index (χ3n) is 3.53. The summed E-state index contributed by atoms with van der Waals surface area (Å²) >= 11 is 4.03. The van der Waals surface area contributed by atoms with E-state index >= 15 is 0 Å². The Morgan fingerprint density at radius 3 is 2.65 bits per heavy atom. The normalized spacial score (nSPS) is 17.1. The number of rotatable bonds is 7. The van der Waals surface area contributed by atoms with Crippen LogP contribution in [0.5, 0.6) is 0 Å². The van der Waals surface area contributed by atoms with Crippen LogP contribution in [0, 0.1) is 5.41 Å². The van der Waals surface area contributed by atoms with Gasteiger partial charge in [-0.2, -0.15) is 0 Å². The van der Waals surface area contributed by atoms with Crippen LogP contribution in [0.25, 0.3) is 0 Å². The Labute approximate surface area is 130 Å². The maximum Gasteiger partial charge on any atom is 0.345 e. The molecule has 0 saturated heterocycles. The third kappa shape index (κ3) is 3.41. The van der Waals surface area contributed by atoms with Gasteiger partial charge in [-0.1, -0.05) is 13.3 Å². The molecule has 0 aliphatic heterocycles. The molecule has 0 bridgehead atoms. The highest BCUT2D eigenvalue weighted by atomic mass is 79.9. The molecule has 1 aliphatic carbocycles. The molecule has 112 valence electrons. The van der Waals surface area contributed by atoms with Gasteiger partial charge in [-0.3, -0.25) is 0 Å². The van der Waals surface area contributed by atoms with Crippen LogP contribution in [-0.4, -0.2) is 26.0 Å². The molecule has 0 aromatic carbocycles. The minimum atomic E-state index is -3.66. The van der Waals surface area contributed by atoms with Crippen molar-refractivity contribution in [3.8, 4) is 0 Å². The van der Waals surface area contributed by atoms with Crippen molar-refractivity contribution >= 4 is 43.3 Å². The first-order valence-electron chi connectivity index (χ1n) is 6.32. The van der Waals surface area contributed by atoms with Gasteiger partial charge in [0.05, 0.1) is 3.79 Å². The van der Waals surface area contributed by atoms with Crippen molar-refractivity contribution in [2.45, 2.75) is 37.5 Å². The zero-order valence-corrected chi connectivity index (χ0v) is 14.2. The lowest BCUT2D eigenvalue weighted by Gasteiger charge is -2.14. The number of aromatic carboxylic acids is 1. The first kappa shape index (κ1) is 15.9. The minimum Gasteiger partial charge on any atom is -0.477 e. The highest BCUT2D eigenvalue weighted by Crippen LogP contribution is 2.49. The summed E-state index contributed by atoms with van der Waals surface area (Å²) in [6.45, 7) is 2.51. The van der Waals surface area contributed by atoms with Crippen LogP contribution >= 0.6 is 27.3 Å². The molecule has 2 N–H and O–H groups in total. The quantitative estimate of drug-likeness (QED) is 0.759. The number of hydrogen-bond acceptors (Lipinski definition) is 4. The van der Waals surface area contributed by atoms with Gasteiger partial charge in [0.1, 0.15) is 9.77 Å². The second-order valence-corrected chi connectivity index (χ2v) is 9.23. The number of nitrogens with one attached hydrogen (secondary N) is 1. The van der Waals surface area contributed by atoms with E-state index in [-0.39, 0.29) is 15.2 Å². The Hall–Kier alpha value is -0.440. The van der Waals surface area contributed by atoms with Crippen LogP contribution in [-0.2, 0) is 10.0 Å². The van der Waals surface area contributed by atoms with Gasteiger partial charge < -0.3 is 5.11 Å². The van der Waals surface area contributed by atoms with E-state index in [4.69, 9.17) is 5.11 Å². The van der Waals surface area contributed by atoms with Crippen molar-refractivity contribution in [2.24, 2.45) is 5.41 Å². The van der Waals surface area contributed by atoms with E-state index in [0.717, 1.165) is 37.0 Å². The maximum absolute atomic E-state index is 12.2. The summed E-state index contributed by atoms with van der Waals surface area (Å²) in [4.78, 5) is 10.9. The first-order valence-corrected chi connectivity index (χ1v) is 9.41. The fraction of sp³-hybridized carbons (Fsp3) is 0.583. The van der Waals surface area contributed by atoms with Crippen molar-refractivity contribution in [1.29, 1.82) is 0 Å². The Kier molecular flexibility index (Phi) is 4.58. The van der Waals surface area contributed by atoms with Gasteiger partial charge in [0, 0.05) is 6.54 Å². The number of carboxylic acids is 1. The summed E-state index contributed by atoms with van der Waals surface area (Å²) in [6.07, 6.45) is 4.15. The predicted molar refractivity (Wildman–Crippen MR) is 80.7 cm³/mol. The van der Waals surface area contributed by atoms with Crippen molar-refractivity contribution in [2.75, 3.05) is 6.54 Å². The molecular formula is C12H16BrNO4S2. The molecule has 0 spiro atoms. The van der Waals surface area contributed by atoms with E-state index < -0.39 is 16.0 Å². The summed E-state index contributed by atoms with van der Waals surface area (Å²) in [5, 5.41) is 8.90. The largest absolute Gasteiger partial charge is 0.477 e. The van der Waals surface area contributed by atoms with Crippen molar-refractivity contribution < 1.29 is 18.3 Å². The Morgan fingerprint density at radius 1 is 1.55 bits per heavy atom. The molecule has 8 heteroatoms.